The van der Waals surface area contributed by atoms with E-state index in [0.717, 1.165) is 11.1 Å². The molecule has 5 nitrogen and oxygen atoms in total. The van der Waals surface area contributed by atoms with Crippen LogP contribution in [-0.2, 0) is 17.6 Å². The first kappa shape index (κ1) is 17.2. The highest BCUT2D eigenvalue weighted by Gasteiger charge is 2.31. The van der Waals surface area contributed by atoms with Gasteiger partial charge in [-0.2, -0.15) is 9.58 Å². The molecular formula is C19H18N4O. The van der Waals surface area contributed by atoms with Crippen LogP contribution in [0.15, 0.2) is 60.7 Å². The monoisotopic (exact) mass is 318 g/mol. The molecule has 5 heteroatoms. The standard InChI is InChI=1S/C19H18N4O/c20-22-17(13-11-15-7-3-1-4-8-15)19(24)18(23-21)14-12-16-9-5-2-6-10-16/h1-10H,11-14H2. The van der Waals surface area contributed by atoms with Gasteiger partial charge in [-0.05, 0) is 24.0 Å². The van der Waals surface area contributed by atoms with Crippen LogP contribution in [-0.4, -0.2) is 26.8 Å². The number of hydrogen-bond donors (Lipinski definition) is 0. The van der Waals surface area contributed by atoms with Crippen LogP contribution in [0.5, 0.6) is 0 Å². The van der Waals surface area contributed by atoms with Gasteiger partial charge in [-0.15, -0.1) is 0 Å². The fourth-order valence-corrected chi connectivity index (χ4v) is 2.40. The zero-order valence-corrected chi connectivity index (χ0v) is 13.3. The lowest BCUT2D eigenvalue weighted by Crippen LogP contribution is -2.26. The number of rotatable bonds is 8. The molecule has 0 heterocycles. The number of hydrogen-bond acceptors (Lipinski definition) is 1. The SMILES string of the molecule is [N-]=[N+]=C(CCc1ccccc1)C(=O)C(CCc1ccccc1)=[N+]=[N-]. The summed E-state index contributed by atoms with van der Waals surface area (Å²) in [6.45, 7) is 0. The zero-order chi connectivity index (χ0) is 17.2. The Bertz CT molecular complexity index is 719. The topological polar surface area (TPSA) is 89.9 Å². The summed E-state index contributed by atoms with van der Waals surface area (Å²) in [5, 5.41) is 0. The average Bonchev–Trinajstić information content (AvgIpc) is 2.64. The molecule has 0 saturated heterocycles. The van der Waals surface area contributed by atoms with Crippen LogP contribution in [0.25, 0.3) is 11.1 Å². The first-order valence-electron chi connectivity index (χ1n) is 7.79. The summed E-state index contributed by atoms with van der Waals surface area (Å²) in [6.07, 6.45) is 1.71. The molecule has 2 rings (SSSR count). The van der Waals surface area contributed by atoms with Crippen molar-refractivity contribution in [3.63, 3.8) is 0 Å². The third-order valence-electron chi connectivity index (χ3n) is 3.75. The van der Waals surface area contributed by atoms with E-state index in [1.165, 1.54) is 0 Å². The third kappa shape index (κ3) is 4.96. The number of benzene rings is 2. The van der Waals surface area contributed by atoms with Gasteiger partial charge < -0.3 is 11.1 Å². The van der Waals surface area contributed by atoms with Gasteiger partial charge in [0.2, 0.25) is 0 Å². The van der Waals surface area contributed by atoms with E-state index in [-0.39, 0.29) is 24.3 Å². The average molecular weight is 318 g/mol. The van der Waals surface area contributed by atoms with E-state index >= 15 is 0 Å². The van der Waals surface area contributed by atoms with Crippen LogP contribution in [0.1, 0.15) is 24.0 Å². The molecule has 0 radical (unpaired) electrons. The molecule has 0 saturated carbocycles. The Kier molecular flexibility index (Phi) is 6.54. The second-order valence-electron chi connectivity index (χ2n) is 5.39. The van der Waals surface area contributed by atoms with Crippen molar-refractivity contribution >= 4 is 17.2 Å². The predicted molar refractivity (Wildman–Crippen MR) is 91.8 cm³/mol. The minimum Gasteiger partial charge on any atom is -0.361 e. The molecule has 0 aliphatic carbocycles. The highest BCUT2D eigenvalue weighted by atomic mass is 16.1. The van der Waals surface area contributed by atoms with E-state index in [1.807, 2.05) is 60.7 Å². The second kappa shape index (κ2) is 9.11. The maximum Gasteiger partial charge on any atom is 0.347 e. The van der Waals surface area contributed by atoms with Crippen molar-refractivity contribution < 1.29 is 14.4 Å². The van der Waals surface area contributed by atoms with Crippen LogP contribution >= 0.6 is 0 Å². The van der Waals surface area contributed by atoms with Crippen molar-refractivity contribution in [1.82, 2.24) is 0 Å². The smallest absolute Gasteiger partial charge is 0.347 e. The second-order valence-corrected chi connectivity index (χ2v) is 5.39. The Morgan fingerprint density at radius 1 is 0.708 bits per heavy atom. The van der Waals surface area contributed by atoms with Crippen LogP contribution in [0.4, 0.5) is 0 Å². The Balaban J connectivity index is 1.98. The maximum atomic E-state index is 12.4. The van der Waals surface area contributed by atoms with Gasteiger partial charge in [-0.1, -0.05) is 60.7 Å². The molecule has 0 bridgehead atoms. The fraction of sp³-hybridized carbons (Fsp3) is 0.211. The zero-order valence-electron chi connectivity index (χ0n) is 13.3. The summed E-state index contributed by atoms with van der Waals surface area (Å²) in [4.78, 5) is 18.6. The van der Waals surface area contributed by atoms with Crippen molar-refractivity contribution in [2.45, 2.75) is 25.7 Å². The fourth-order valence-electron chi connectivity index (χ4n) is 2.40. The Morgan fingerprint density at radius 3 is 1.42 bits per heavy atom. The van der Waals surface area contributed by atoms with Gasteiger partial charge in [-0.25, -0.2) is 0 Å². The summed E-state index contributed by atoms with van der Waals surface area (Å²) in [5.74, 6) is -0.521. The highest BCUT2D eigenvalue weighted by Crippen LogP contribution is 2.06. The third-order valence-corrected chi connectivity index (χ3v) is 3.75. The quantitative estimate of drug-likeness (QED) is 0.417. The molecule has 0 aliphatic heterocycles. The minimum absolute atomic E-state index is 0.000264. The van der Waals surface area contributed by atoms with Gasteiger partial charge in [0.15, 0.2) is 0 Å². The Morgan fingerprint density at radius 2 is 1.08 bits per heavy atom. The van der Waals surface area contributed by atoms with Crippen LogP contribution in [0.2, 0.25) is 0 Å². The Hall–Kier alpha value is -3.13. The minimum atomic E-state index is -0.521. The summed E-state index contributed by atoms with van der Waals surface area (Å²) >= 11 is 0. The maximum absolute atomic E-state index is 12.4. The van der Waals surface area contributed by atoms with E-state index in [2.05, 4.69) is 9.58 Å². The molecule has 120 valence electrons. The van der Waals surface area contributed by atoms with Crippen molar-refractivity contribution in [3.05, 3.63) is 82.9 Å². The lowest BCUT2D eigenvalue weighted by Gasteiger charge is -1.98. The van der Waals surface area contributed by atoms with Gasteiger partial charge in [0.05, 0.1) is 12.8 Å². The van der Waals surface area contributed by atoms with E-state index in [1.54, 1.807) is 0 Å². The number of aryl methyl sites for hydroxylation is 2. The van der Waals surface area contributed by atoms with Crippen molar-refractivity contribution in [2.24, 2.45) is 0 Å². The normalized spacial score (nSPS) is 9.67. The van der Waals surface area contributed by atoms with E-state index < -0.39 is 5.78 Å². The van der Waals surface area contributed by atoms with Crippen molar-refractivity contribution in [2.75, 3.05) is 0 Å². The van der Waals surface area contributed by atoms with Gasteiger partial charge in [0, 0.05) is 0 Å². The molecule has 0 N–H and O–H groups in total. The highest BCUT2D eigenvalue weighted by molar-refractivity contribution is 6.64. The largest absolute Gasteiger partial charge is 0.361 e. The van der Waals surface area contributed by atoms with Gasteiger partial charge in [0.25, 0.3) is 0 Å². The van der Waals surface area contributed by atoms with Crippen LogP contribution in [0, 0.1) is 0 Å². The first-order chi connectivity index (χ1) is 11.7. The molecule has 0 aromatic heterocycles. The van der Waals surface area contributed by atoms with Crippen molar-refractivity contribution in [1.29, 1.82) is 0 Å². The summed E-state index contributed by atoms with van der Waals surface area (Å²) in [5.41, 5.74) is 20.3. The molecule has 0 unspecified atom stereocenters. The van der Waals surface area contributed by atoms with Gasteiger partial charge >= 0.3 is 17.2 Å². The molecule has 0 amide bonds. The summed E-state index contributed by atoms with van der Waals surface area (Å²) < 4.78 is 0. The lowest BCUT2D eigenvalue weighted by atomic mass is 9.99. The lowest BCUT2D eigenvalue weighted by molar-refractivity contribution is -0.116. The molecule has 2 aromatic rings. The number of carbonyl (C=O) groups is 1. The molecule has 0 fully saturated rings. The predicted octanol–water partition coefficient (Wildman–Crippen LogP) is 3.16. The first-order valence-corrected chi connectivity index (χ1v) is 7.79. The van der Waals surface area contributed by atoms with Gasteiger partial charge in [-0.3, -0.25) is 4.79 Å². The number of nitrogens with zero attached hydrogens (tertiary/aromatic N) is 4. The molecular weight excluding hydrogens is 300 g/mol. The number of carbonyl (C=O) groups excluding carboxylic acids is 1. The Labute approximate surface area is 140 Å². The number of Topliss-reactive ketones (excluding diaryl/α,β-unsaturated/α-hetero) is 1. The molecule has 2 aromatic carbocycles. The summed E-state index contributed by atoms with van der Waals surface area (Å²) in [7, 11) is 0. The molecule has 0 spiro atoms. The van der Waals surface area contributed by atoms with E-state index in [9.17, 15) is 4.79 Å². The van der Waals surface area contributed by atoms with E-state index in [4.69, 9.17) is 11.1 Å². The van der Waals surface area contributed by atoms with Crippen molar-refractivity contribution in [3.8, 4) is 0 Å². The van der Waals surface area contributed by atoms with Crippen LogP contribution < -0.4 is 0 Å². The molecule has 0 atom stereocenters. The van der Waals surface area contributed by atoms with E-state index in [0.29, 0.717) is 12.8 Å². The van der Waals surface area contributed by atoms with Gasteiger partial charge in [0.1, 0.15) is 0 Å². The number of ketones is 1. The molecule has 0 aliphatic rings. The summed E-state index contributed by atoms with van der Waals surface area (Å²) in [6, 6.07) is 19.2. The molecule has 24 heavy (non-hydrogen) atoms. The van der Waals surface area contributed by atoms with Crippen LogP contribution in [0.3, 0.4) is 0 Å².